The van der Waals surface area contributed by atoms with E-state index in [-0.39, 0.29) is 0 Å². The molecule has 2 aliphatic carbocycles. The van der Waals surface area contributed by atoms with Gasteiger partial charge in [0.05, 0.1) is 11.2 Å². The van der Waals surface area contributed by atoms with Crippen LogP contribution in [0.5, 0.6) is 0 Å². The molecule has 154 valence electrons. The third-order valence-corrected chi connectivity index (χ3v) is 7.80. The second kappa shape index (κ2) is 8.95. The number of hydrogen-bond donors (Lipinski definition) is 2. The summed E-state index contributed by atoms with van der Waals surface area (Å²) < 4.78 is 0. The minimum Gasteiger partial charge on any atom is -0.390 e. The molecule has 0 aliphatic heterocycles. The summed E-state index contributed by atoms with van der Waals surface area (Å²) in [5, 5.41) is 22.8. The van der Waals surface area contributed by atoms with Crippen molar-refractivity contribution in [3.8, 4) is 0 Å². The summed E-state index contributed by atoms with van der Waals surface area (Å²) in [5.74, 6) is 3.29. The molecule has 2 fully saturated rings. The summed E-state index contributed by atoms with van der Waals surface area (Å²) in [6, 6.07) is 0. The third-order valence-electron chi connectivity index (χ3n) is 7.80. The van der Waals surface area contributed by atoms with Gasteiger partial charge in [0.15, 0.2) is 0 Å². The van der Waals surface area contributed by atoms with Crippen LogP contribution >= 0.6 is 0 Å². The Kier molecular flexibility index (Phi) is 7.64. The lowest BCUT2D eigenvalue weighted by molar-refractivity contribution is -0.0970. The molecule has 6 atom stereocenters. The molecule has 2 aliphatic rings. The van der Waals surface area contributed by atoms with Gasteiger partial charge in [0, 0.05) is 0 Å². The third kappa shape index (κ3) is 5.25. The SMILES string of the molecule is CC(C)[C@@H]1CC[C@@H](C)C[C@@]1(O)CCCC[C@]1(O)C[C@H](C)CC[C@H]1C(C)C. The Balaban J connectivity index is 1.91. The summed E-state index contributed by atoms with van der Waals surface area (Å²) >= 11 is 0. The van der Waals surface area contributed by atoms with E-state index in [9.17, 15) is 10.2 Å². The Bertz CT molecular complexity index is 392. The molecule has 2 saturated carbocycles. The second-order valence-electron chi connectivity index (χ2n) is 10.9. The predicted molar refractivity (Wildman–Crippen MR) is 111 cm³/mol. The Labute approximate surface area is 163 Å². The first-order chi connectivity index (χ1) is 12.1. The van der Waals surface area contributed by atoms with Gasteiger partial charge in [-0.1, -0.05) is 67.2 Å². The maximum Gasteiger partial charge on any atom is 0.0680 e. The van der Waals surface area contributed by atoms with Crippen LogP contribution in [0.3, 0.4) is 0 Å². The molecule has 26 heavy (non-hydrogen) atoms. The van der Waals surface area contributed by atoms with Gasteiger partial charge in [0.25, 0.3) is 0 Å². The van der Waals surface area contributed by atoms with Gasteiger partial charge in [-0.3, -0.25) is 0 Å². The van der Waals surface area contributed by atoms with Crippen LogP contribution in [0, 0.1) is 35.5 Å². The molecule has 0 radical (unpaired) electrons. The van der Waals surface area contributed by atoms with Crippen LogP contribution in [0.15, 0.2) is 0 Å². The highest BCUT2D eigenvalue weighted by Gasteiger charge is 2.44. The fourth-order valence-corrected chi connectivity index (χ4v) is 6.52. The second-order valence-corrected chi connectivity index (χ2v) is 10.9. The lowest BCUT2D eigenvalue weighted by Crippen LogP contribution is -2.46. The van der Waals surface area contributed by atoms with Crippen molar-refractivity contribution < 1.29 is 10.2 Å². The zero-order valence-electron chi connectivity index (χ0n) is 18.4. The monoisotopic (exact) mass is 366 g/mol. The van der Waals surface area contributed by atoms with Gasteiger partial charge in [-0.15, -0.1) is 0 Å². The van der Waals surface area contributed by atoms with E-state index in [1.165, 1.54) is 25.7 Å². The summed E-state index contributed by atoms with van der Waals surface area (Å²) in [6.45, 7) is 13.7. The molecule has 0 aromatic rings. The predicted octanol–water partition coefficient (Wildman–Crippen LogP) is 6.19. The minimum absolute atomic E-state index is 0.444. The van der Waals surface area contributed by atoms with E-state index >= 15 is 0 Å². The van der Waals surface area contributed by atoms with Crippen molar-refractivity contribution in [1.82, 2.24) is 0 Å². The molecule has 0 aromatic carbocycles. The number of rotatable bonds is 7. The summed E-state index contributed by atoms with van der Waals surface area (Å²) in [7, 11) is 0. The Morgan fingerprint density at radius 3 is 1.35 bits per heavy atom. The molecule has 0 bridgehead atoms. The first-order valence-corrected chi connectivity index (χ1v) is 11.5. The van der Waals surface area contributed by atoms with Crippen LogP contribution in [-0.2, 0) is 0 Å². The van der Waals surface area contributed by atoms with Gasteiger partial charge in [-0.05, 0) is 74.0 Å². The zero-order chi connectivity index (χ0) is 19.5. The van der Waals surface area contributed by atoms with Gasteiger partial charge in [-0.25, -0.2) is 0 Å². The van der Waals surface area contributed by atoms with Gasteiger partial charge in [0.2, 0.25) is 0 Å². The number of unbranched alkanes of at least 4 members (excludes halogenated alkanes) is 1. The lowest BCUT2D eigenvalue weighted by Gasteiger charge is -2.46. The van der Waals surface area contributed by atoms with Crippen molar-refractivity contribution in [2.75, 3.05) is 0 Å². The van der Waals surface area contributed by atoms with E-state index in [4.69, 9.17) is 0 Å². The molecule has 2 heteroatoms. The molecular formula is C24H46O2. The van der Waals surface area contributed by atoms with Crippen LogP contribution in [0.25, 0.3) is 0 Å². The van der Waals surface area contributed by atoms with E-state index < -0.39 is 11.2 Å². The number of aliphatic hydroxyl groups is 2. The van der Waals surface area contributed by atoms with E-state index in [0.717, 1.165) is 38.5 Å². The Morgan fingerprint density at radius 1 is 0.692 bits per heavy atom. The van der Waals surface area contributed by atoms with E-state index in [1.807, 2.05) is 0 Å². The molecule has 0 aromatic heterocycles. The molecule has 0 heterocycles. The van der Waals surface area contributed by atoms with Crippen molar-refractivity contribution >= 4 is 0 Å². The first kappa shape index (κ1) is 22.2. The molecule has 0 saturated heterocycles. The standard InChI is InChI=1S/C24H46O2/c1-17(2)21-11-9-19(5)15-23(21,25)13-7-8-14-24(26)16-20(6)10-12-22(24)18(3)4/h17-22,25-26H,7-16H2,1-6H3/t19-,20-,21+,22+,23+,24+/m1/s1. The molecule has 2 rings (SSSR count). The highest BCUT2D eigenvalue weighted by atomic mass is 16.3. The van der Waals surface area contributed by atoms with Gasteiger partial charge in [0.1, 0.15) is 0 Å². The van der Waals surface area contributed by atoms with Crippen molar-refractivity contribution in [1.29, 1.82) is 0 Å². The summed E-state index contributed by atoms with van der Waals surface area (Å²) in [6.07, 6.45) is 10.7. The van der Waals surface area contributed by atoms with Crippen LogP contribution in [0.4, 0.5) is 0 Å². The van der Waals surface area contributed by atoms with Crippen LogP contribution in [0.1, 0.15) is 106 Å². The Hall–Kier alpha value is -0.0800. The average Bonchev–Trinajstić information content (AvgIpc) is 2.50. The molecule has 2 N–H and O–H groups in total. The van der Waals surface area contributed by atoms with E-state index in [0.29, 0.717) is 35.5 Å². The molecule has 0 unspecified atom stereocenters. The van der Waals surface area contributed by atoms with Crippen molar-refractivity contribution in [3.63, 3.8) is 0 Å². The smallest absolute Gasteiger partial charge is 0.0680 e. The van der Waals surface area contributed by atoms with Crippen LogP contribution in [0.2, 0.25) is 0 Å². The van der Waals surface area contributed by atoms with Crippen LogP contribution in [-0.4, -0.2) is 21.4 Å². The maximum absolute atomic E-state index is 11.4. The summed E-state index contributed by atoms with van der Waals surface area (Å²) in [4.78, 5) is 0. The summed E-state index contributed by atoms with van der Waals surface area (Å²) in [5.41, 5.74) is -0.961. The van der Waals surface area contributed by atoms with E-state index in [2.05, 4.69) is 41.5 Å². The van der Waals surface area contributed by atoms with Crippen molar-refractivity contribution in [2.45, 2.75) is 117 Å². The quantitative estimate of drug-likeness (QED) is 0.527. The largest absolute Gasteiger partial charge is 0.390 e. The fraction of sp³-hybridized carbons (Fsp3) is 1.00. The fourth-order valence-electron chi connectivity index (χ4n) is 6.52. The Morgan fingerprint density at radius 2 is 1.04 bits per heavy atom. The molecule has 0 spiro atoms. The number of hydrogen-bond acceptors (Lipinski definition) is 2. The zero-order valence-corrected chi connectivity index (χ0v) is 18.4. The van der Waals surface area contributed by atoms with Crippen molar-refractivity contribution in [3.05, 3.63) is 0 Å². The van der Waals surface area contributed by atoms with Gasteiger partial charge in [-0.2, -0.15) is 0 Å². The average molecular weight is 367 g/mol. The highest BCUT2D eigenvalue weighted by Crippen LogP contribution is 2.46. The highest BCUT2D eigenvalue weighted by molar-refractivity contribution is 4.95. The maximum atomic E-state index is 11.4. The topological polar surface area (TPSA) is 40.5 Å². The lowest BCUT2D eigenvalue weighted by atomic mass is 9.64. The molecule has 2 nitrogen and oxygen atoms in total. The van der Waals surface area contributed by atoms with Crippen LogP contribution < -0.4 is 0 Å². The van der Waals surface area contributed by atoms with E-state index in [1.54, 1.807) is 0 Å². The van der Waals surface area contributed by atoms with Crippen molar-refractivity contribution in [2.24, 2.45) is 35.5 Å². The van der Waals surface area contributed by atoms with Gasteiger partial charge >= 0.3 is 0 Å². The first-order valence-electron chi connectivity index (χ1n) is 11.5. The normalized spacial score (nSPS) is 41.8. The molecular weight excluding hydrogens is 320 g/mol. The molecule has 0 amide bonds. The minimum atomic E-state index is -0.480. The van der Waals surface area contributed by atoms with Gasteiger partial charge < -0.3 is 10.2 Å².